The molecular weight excluding hydrogens is 410 g/mol. The third-order valence-electron chi connectivity index (χ3n) is 5.19. The Balaban J connectivity index is 1.92. The predicted octanol–water partition coefficient (Wildman–Crippen LogP) is 4.49. The highest BCUT2D eigenvalue weighted by atomic mass is 32.2. The molecule has 0 aromatic heterocycles. The summed E-state index contributed by atoms with van der Waals surface area (Å²) < 4.78 is 34.1. The van der Waals surface area contributed by atoms with Gasteiger partial charge >= 0.3 is 5.97 Å². The lowest BCUT2D eigenvalue weighted by Gasteiger charge is -2.17. The van der Waals surface area contributed by atoms with Crippen LogP contribution in [0.5, 0.6) is 0 Å². The summed E-state index contributed by atoms with van der Waals surface area (Å²) in [6.45, 7) is 11.0. The van der Waals surface area contributed by atoms with E-state index >= 15 is 0 Å². The smallest absolute Gasteiger partial charge is 0.331 e. The van der Waals surface area contributed by atoms with Crippen LogP contribution in [0.2, 0.25) is 0 Å². The number of sulfonamides is 1. The summed E-state index contributed by atoms with van der Waals surface area (Å²) in [4.78, 5) is 12.5. The van der Waals surface area contributed by atoms with Crippen molar-refractivity contribution in [1.29, 1.82) is 0 Å². The monoisotopic (exact) mass is 441 g/mol. The lowest BCUT2D eigenvalue weighted by Crippen LogP contribution is -2.22. The molecule has 166 valence electrons. The van der Waals surface area contributed by atoms with Crippen LogP contribution in [0.15, 0.2) is 59.5 Å². The summed E-state index contributed by atoms with van der Waals surface area (Å²) in [5, 5.41) is 0. The molecule has 1 fully saturated rings. The first-order valence-electron chi connectivity index (χ1n) is 10.5. The second-order valence-electron chi connectivity index (χ2n) is 9.20. The van der Waals surface area contributed by atoms with Gasteiger partial charge in [-0.3, -0.25) is 0 Å². The molecule has 0 amide bonds. The van der Waals surface area contributed by atoms with Gasteiger partial charge < -0.3 is 4.74 Å². The first-order valence-corrected chi connectivity index (χ1v) is 11.9. The van der Waals surface area contributed by atoms with Crippen molar-refractivity contribution in [3.63, 3.8) is 0 Å². The zero-order valence-electron chi connectivity index (χ0n) is 19.0. The molecule has 1 saturated heterocycles. The van der Waals surface area contributed by atoms with Crippen molar-refractivity contribution in [2.75, 3.05) is 0 Å². The molecule has 5 nitrogen and oxygen atoms in total. The normalized spacial score (nSPS) is 21.3. The minimum absolute atomic E-state index is 0.244. The van der Waals surface area contributed by atoms with Crippen LogP contribution in [0, 0.1) is 20.8 Å². The molecule has 1 aliphatic heterocycles. The second-order valence-corrected chi connectivity index (χ2v) is 11.0. The topological polar surface area (TPSA) is 63.5 Å². The number of carbonyl (C=O) groups is 1. The Labute approximate surface area is 185 Å². The van der Waals surface area contributed by atoms with E-state index in [9.17, 15) is 13.2 Å². The molecule has 0 N–H and O–H groups in total. The summed E-state index contributed by atoms with van der Waals surface area (Å²) in [5.74, 6) is -0.474. The van der Waals surface area contributed by atoms with Crippen LogP contribution >= 0.6 is 0 Å². The Bertz CT molecular complexity index is 1080. The fourth-order valence-electron chi connectivity index (χ4n) is 4.09. The number of benzene rings is 2. The van der Waals surface area contributed by atoms with Crippen molar-refractivity contribution in [2.24, 2.45) is 0 Å². The van der Waals surface area contributed by atoms with Gasteiger partial charge in [0.1, 0.15) is 5.60 Å². The minimum Gasteiger partial charge on any atom is -0.457 e. The van der Waals surface area contributed by atoms with Crippen molar-refractivity contribution < 1.29 is 17.9 Å². The van der Waals surface area contributed by atoms with Gasteiger partial charge in [-0.05, 0) is 64.7 Å². The third-order valence-corrected chi connectivity index (χ3v) is 7.42. The highest BCUT2D eigenvalue weighted by Gasteiger charge is 2.54. The summed E-state index contributed by atoms with van der Waals surface area (Å²) >= 11 is 0. The van der Waals surface area contributed by atoms with Crippen molar-refractivity contribution in [2.45, 2.75) is 70.5 Å². The number of hydrogen-bond acceptors (Lipinski definition) is 4. The van der Waals surface area contributed by atoms with Gasteiger partial charge in [-0.25, -0.2) is 13.2 Å². The van der Waals surface area contributed by atoms with E-state index in [1.807, 2.05) is 63.2 Å². The van der Waals surface area contributed by atoms with E-state index < -0.39 is 27.6 Å². The Hall–Kier alpha value is -2.44. The highest BCUT2D eigenvalue weighted by Crippen LogP contribution is 2.40. The first kappa shape index (κ1) is 23.2. The molecule has 31 heavy (non-hydrogen) atoms. The quantitative estimate of drug-likeness (QED) is 0.376. The van der Waals surface area contributed by atoms with Gasteiger partial charge in [0.2, 0.25) is 10.0 Å². The van der Waals surface area contributed by atoms with Crippen molar-refractivity contribution in [3.05, 3.63) is 76.9 Å². The summed E-state index contributed by atoms with van der Waals surface area (Å²) in [5.41, 5.74) is 2.95. The molecule has 1 heterocycles. The molecule has 2 aromatic rings. The number of ether oxygens (including phenoxy) is 1. The van der Waals surface area contributed by atoms with Crippen LogP contribution in [-0.4, -0.2) is 36.4 Å². The van der Waals surface area contributed by atoms with Gasteiger partial charge in [0.25, 0.3) is 0 Å². The van der Waals surface area contributed by atoms with Crippen LogP contribution in [0.4, 0.5) is 0 Å². The zero-order chi connectivity index (χ0) is 23.0. The van der Waals surface area contributed by atoms with E-state index in [1.165, 1.54) is 10.4 Å². The largest absolute Gasteiger partial charge is 0.457 e. The van der Waals surface area contributed by atoms with Gasteiger partial charge in [0.05, 0.1) is 17.0 Å². The van der Waals surface area contributed by atoms with Gasteiger partial charge in [0.15, 0.2) is 0 Å². The number of esters is 1. The van der Waals surface area contributed by atoms with Gasteiger partial charge in [-0.15, -0.1) is 0 Å². The molecule has 0 spiro atoms. The van der Waals surface area contributed by atoms with Gasteiger partial charge in [-0.1, -0.05) is 54.1 Å². The SMILES string of the molecule is Cc1cc(C)c(S(=O)(=O)N2[C@H](/C=C/C(=O)OC(C)(C)C)[C@@H]2Cc2ccccc2)c(C)c1. The van der Waals surface area contributed by atoms with Crippen LogP contribution in [0.1, 0.15) is 43.0 Å². The lowest BCUT2D eigenvalue weighted by molar-refractivity contribution is -0.148. The Morgan fingerprint density at radius 2 is 1.65 bits per heavy atom. The van der Waals surface area contributed by atoms with Crippen molar-refractivity contribution in [3.8, 4) is 0 Å². The lowest BCUT2D eigenvalue weighted by atomic mass is 10.1. The van der Waals surface area contributed by atoms with E-state index in [-0.39, 0.29) is 6.04 Å². The maximum absolute atomic E-state index is 13.6. The maximum atomic E-state index is 13.6. The van der Waals surface area contributed by atoms with Gasteiger partial charge in [0, 0.05) is 6.08 Å². The third kappa shape index (κ3) is 5.43. The number of hydrogen-bond donors (Lipinski definition) is 0. The molecular formula is C25H31NO4S. The number of nitrogens with zero attached hydrogens (tertiary/aromatic N) is 1. The summed E-state index contributed by atoms with van der Waals surface area (Å²) in [7, 11) is -3.72. The maximum Gasteiger partial charge on any atom is 0.331 e. The molecule has 6 heteroatoms. The zero-order valence-corrected chi connectivity index (χ0v) is 19.9. The molecule has 0 aliphatic carbocycles. The van der Waals surface area contributed by atoms with E-state index in [2.05, 4.69) is 0 Å². The van der Waals surface area contributed by atoms with Crippen LogP contribution in [0.25, 0.3) is 0 Å². The van der Waals surface area contributed by atoms with E-state index in [4.69, 9.17) is 4.74 Å². The van der Waals surface area contributed by atoms with E-state index in [0.29, 0.717) is 11.3 Å². The molecule has 3 rings (SSSR count). The predicted molar refractivity (Wildman–Crippen MR) is 122 cm³/mol. The molecule has 1 unspecified atom stereocenters. The van der Waals surface area contributed by atoms with E-state index in [1.54, 1.807) is 26.8 Å². The van der Waals surface area contributed by atoms with Crippen LogP contribution in [0.3, 0.4) is 0 Å². The number of aryl methyl sites for hydroxylation is 3. The fraction of sp³-hybridized carbons (Fsp3) is 0.400. The molecule has 0 bridgehead atoms. The van der Waals surface area contributed by atoms with Crippen LogP contribution in [-0.2, 0) is 26.0 Å². The van der Waals surface area contributed by atoms with Crippen molar-refractivity contribution in [1.82, 2.24) is 4.31 Å². The average molecular weight is 442 g/mol. The highest BCUT2D eigenvalue weighted by molar-refractivity contribution is 7.89. The fourth-order valence-corrected chi connectivity index (χ4v) is 6.26. The molecule has 2 aromatic carbocycles. The Morgan fingerprint density at radius 3 is 2.19 bits per heavy atom. The van der Waals surface area contributed by atoms with Crippen LogP contribution < -0.4 is 0 Å². The van der Waals surface area contributed by atoms with Crippen molar-refractivity contribution >= 4 is 16.0 Å². The minimum atomic E-state index is -3.72. The molecule has 3 atom stereocenters. The first-order chi connectivity index (χ1) is 14.4. The number of carbonyl (C=O) groups excluding carboxylic acids is 1. The number of rotatable bonds is 6. The molecule has 0 radical (unpaired) electrons. The Kier molecular flexibility index (Phi) is 6.44. The average Bonchev–Trinajstić information content (AvgIpc) is 3.31. The summed E-state index contributed by atoms with van der Waals surface area (Å²) in [6, 6.07) is 12.9. The Morgan fingerprint density at radius 1 is 1.06 bits per heavy atom. The van der Waals surface area contributed by atoms with E-state index in [0.717, 1.165) is 22.3 Å². The molecule has 1 aliphatic rings. The summed E-state index contributed by atoms with van der Waals surface area (Å²) in [6.07, 6.45) is 3.57. The second kappa shape index (κ2) is 8.60. The van der Waals surface area contributed by atoms with Gasteiger partial charge in [-0.2, -0.15) is 4.31 Å². The standard InChI is InChI=1S/C25H31NO4S/c1-17-14-18(2)24(19(3)15-17)31(28,29)26-21(12-13-23(27)30-25(4,5)6)22(26)16-20-10-8-7-9-11-20/h7-15,21-22H,16H2,1-6H3/b13-12+/t21-,22+,26?/m1/s1. The molecule has 0 saturated carbocycles.